The fourth-order valence-corrected chi connectivity index (χ4v) is 1.59. The highest BCUT2D eigenvalue weighted by Crippen LogP contribution is 2.18. The molecule has 0 heterocycles. The van der Waals surface area contributed by atoms with Crippen LogP contribution in [0.5, 0.6) is 5.75 Å². The molecule has 0 aromatic heterocycles. The number of carbonyl (C=O) groups excluding carboxylic acids is 1. The summed E-state index contributed by atoms with van der Waals surface area (Å²) in [6.45, 7) is 0. The van der Waals surface area contributed by atoms with Crippen molar-refractivity contribution in [2.45, 2.75) is 12.5 Å². The molecule has 0 saturated carbocycles. The number of hydrogen-bond acceptors (Lipinski definition) is 4. The molecule has 0 bridgehead atoms. The number of benzene rings is 1. The predicted octanol–water partition coefficient (Wildman–Crippen LogP) is -1.02. The van der Waals surface area contributed by atoms with E-state index in [9.17, 15) is 15.0 Å². The van der Waals surface area contributed by atoms with Crippen molar-refractivity contribution in [1.29, 1.82) is 0 Å². The normalized spacial score (nSPS) is 12.4. The number of carbonyl (C=O) groups is 1. The summed E-state index contributed by atoms with van der Waals surface area (Å²) in [7, 11) is 0. The third-order valence-corrected chi connectivity index (χ3v) is 2.60. The number of carboxylic acids is 1. The summed E-state index contributed by atoms with van der Waals surface area (Å²) in [6.07, 6.45) is 0.179. The van der Waals surface area contributed by atoms with Gasteiger partial charge in [0, 0.05) is 9.61 Å². The van der Waals surface area contributed by atoms with Gasteiger partial charge >= 0.3 is 0 Å². The van der Waals surface area contributed by atoms with Gasteiger partial charge in [-0.05, 0) is 40.6 Å². The molecule has 0 radical (unpaired) electrons. The fourth-order valence-electron chi connectivity index (χ4n) is 1.01. The molecular weight excluding hydrogens is 297 g/mol. The fraction of sp³-hybridized carbons (Fsp3) is 0.222. The van der Waals surface area contributed by atoms with Gasteiger partial charge in [-0.3, -0.25) is 0 Å². The third kappa shape index (κ3) is 2.85. The van der Waals surface area contributed by atoms with Gasteiger partial charge in [0.2, 0.25) is 0 Å². The van der Waals surface area contributed by atoms with Crippen molar-refractivity contribution in [3.05, 3.63) is 27.3 Å². The highest BCUT2D eigenvalue weighted by atomic mass is 127. The van der Waals surface area contributed by atoms with Gasteiger partial charge in [-0.1, -0.05) is 17.9 Å². The molecule has 0 aliphatic heterocycles. The average molecular weight is 305 g/mol. The van der Waals surface area contributed by atoms with Crippen LogP contribution >= 0.6 is 22.6 Å². The molecule has 1 atom stereocenters. The van der Waals surface area contributed by atoms with Crippen LogP contribution in [0.1, 0.15) is 5.56 Å². The smallest absolute Gasteiger partial charge is 0.0585 e. The lowest BCUT2D eigenvalue weighted by Crippen LogP contribution is -2.43. The molecule has 5 heteroatoms. The minimum atomic E-state index is -1.29. The third-order valence-electron chi connectivity index (χ3n) is 1.75. The number of nitrogens with two attached hydrogens (primary N) is 1. The maximum absolute atomic E-state index is 11.0. The van der Waals surface area contributed by atoms with Crippen LogP contribution in [0.3, 0.4) is 0 Å². The second-order valence-electron chi connectivity index (χ2n) is 2.89. The predicted molar refractivity (Wildman–Crippen MR) is 55.3 cm³/mol. The lowest BCUT2D eigenvalue weighted by atomic mass is 10.1. The lowest BCUT2D eigenvalue weighted by molar-refractivity contribution is -0.307. The van der Waals surface area contributed by atoms with Crippen LogP contribution in [0, 0.1) is 3.57 Å². The minimum Gasteiger partial charge on any atom is -0.872 e. The monoisotopic (exact) mass is 305 g/mol. The largest absolute Gasteiger partial charge is 0.872 e. The van der Waals surface area contributed by atoms with Gasteiger partial charge in [-0.2, -0.15) is 0 Å². The summed E-state index contributed by atoms with van der Waals surface area (Å²) in [5.41, 5.74) is 6.02. The van der Waals surface area contributed by atoms with Crippen LogP contribution in [0.4, 0.5) is 0 Å². The van der Waals surface area contributed by atoms with E-state index in [1.54, 1.807) is 12.1 Å². The summed E-state index contributed by atoms with van der Waals surface area (Å²) >= 11 is 1.90. The van der Waals surface area contributed by atoms with E-state index in [-0.39, 0.29) is 12.2 Å². The van der Waals surface area contributed by atoms with E-state index in [0.717, 1.165) is 5.56 Å². The van der Waals surface area contributed by atoms with Crippen LogP contribution in [0.15, 0.2) is 18.2 Å². The molecule has 0 aliphatic carbocycles. The Balaban J connectivity index is 2.78. The molecular formula is C9H8INO3-2. The van der Waals surface area contributed by atoms with Gasteiger partial charge in [-0.15, -0.1) is 0 Å². The summed E-state index contributed by atoms with van der Waals surface area (Å²) in [5, 5.41) is 21.4. The Morgan fingerprint density at radius 3 is 2.71 bits per heavy atom. The van der Waals surface area contributed by atoms with Crippen molar-refractivity contribution in [3.8, 4) is 5.75 Å². The second kappa shape index (κ2) is 4.61. The number of carboxylic acid groups (broad SMARTS) is 1. The van der Waals surface area contributed by atoms with E-state index in [1.165, 1.54) is 6.07 Å². The quantitative estimate of drug-likeness (QED) is 0.724. The highest BCUT2D eigenvalue weighted by Gasteiger charge is 2.04. The molecule has 1 aromatic rings. The molecule has 14 heavy (non-hydrogen) atoms. The average Bonchev–Trinajstić information content (AvgIpc) is 2.11. The lowest BCUT2D eigenvalue weighted by Gasteiger charge is -2.14. The topological polar surface area (TPSA) is 89.2 Å². The van der Waals surface area contributed by atoms with Crippen LogP contribution in [-0.4, -0.2) is 12.0 Å². The Bertz CT molecular complexity index is 354. The molecule has 76 valence electrons. The van der Waals surface area contributed by atoms with Crippen LogP contribution < -0.4 is 15.9 Å². The molecule has 0 aliphatic rings. The van der Waals surface area contributed by atoms with E-state index < -0.39 is 12.0 Å². The van der Waals surface area contributed by atoms with Crippen molar-refractivity contribution in [2.75, 3.05) is 0 Å². The van der Waals surface area contributed by atoms with Gasteiger partial charge in [0.1, 0.15) is 0 Å². The Kier molecular flexibility index (Phi) is 3.70. The van der Waals surface area contributed by atoms with Gasteiger partial charge in [-0.25, -0.2) is 0 Å². The van der Waals surface area contributed by atoms with E-state index in [2.05, 4.69) is 0 Å². The van der Waals surface area contributed by atoms with Crippen molar-refractivity contribution >= 4 is 28.6 Å². The molecule has 0 amide bonds. The van der Waals surface area contributed by atoms with Gasteiger partial charge < -0.3 is 20.7 Å². The summed E-state index contributed by atoms with van der Waals surface area (Å²) < 4.78 is 0.561. The van der Waals surface area contributed by atoms with Crippen LogP contribution in [0.2, 0.25) is 0 Å². The number of hydrogen-bond donors (Lipinski definition) is 1. The highest BCUT2D eigenvalue weighted by molar-refractivity contribution is 14.1. The molecule has 0 spiro atoms. The summed E-state index contributed by atoms with van der Waals surface area (Å²) in [6, 6.07) is 3.58. The van der Waals surface area contributed by atoms with E-state index in [4.69, 9.17) is 5.73 Å². The molecule has 4 nitrogen and oxygen atoms in total. The maximum atomic E-state index is 11.0. The first kappa shape index (κ1) is 11.3. The Hall–Kier alpha value is -0.820. The zero-order valence-electron chi connectivity index (χ0n) is 7.20. The van der Waals surface area contributed by atoms with Crippen LogP contribution in [0.25, 0.3) is 0 Å². The van der Waals surface area contributed by atoms with E-state index in [0.29, 0.717) is 3.57 Å². The first-order valence-electron chi connectivity index (χ1n) is 3.92. The Morgan fingerprint density at radius 1 is 1.57 bits per heavy atom. The Morgan fingerprint density at radius 2 is 2.21 bits per heavy atom. The van der Waals surface area contributed by atoms with Gasteiger partial charge in [0.05, 0.1) is 5.97 Å². The van der Waals surface area contributed by atoms with Gasteiger partial charge in [0.15, 0.2) is 0 Å². The summed E-state index contributed by atoms with van der Waals surface area (Å²) in [5.74, 6) is -1.36. The van der Waals surface area contributed by atoms with Crippen LogP contribution in [-0.2, 0) is 11.2 Å². The first-order valence-corrected chi connectivity index (χ1v) is 5.00. The molecule has 1 rings (SSSR count). The van der Waals surface area contributed by atoms with E-state index in [1.807, 2.05) is 22.6 Å². The van der Waals surface area contributed by atoms with Crippen molar-refractivity contribution in [3.63, 3.8) is 0 Å². The van der Waals surface area contributed by atoms with Gasteiger partial charge in [0.25, 0.3) is 0 Å². The number of rotatable bonds is 3. The van der Waals surface area contributed by atoms with E-state index >= 15 is 0 Å². The molecule has 2 N–H and O–H groups in total. The van der Waals surface area contributed by atoms with Crippen molar-refractivity contribution in [1.82, 2.24) is 0 Å². The second-order valence-corrected chi connectivity index (χ2v) is 4.06. The SMILES string of the molecule is N[C@@H](Cc1ccc([O-])c(I)c1)C(=O)[O-]. The molecule has 0 unspecified atom stereocenters. The molecule has 0 saturated heterocycles. The summed E-state index contributed by atoms with van der Waals surface area (Å²) in [4.78, 5) is 10.4. The zero-order valence-corrected chi connectivity index (χ0v) is 9.35. The molecule has 0 fully saturated rings. The maximum Gasteiger partial charge on any atom is 0.0585 e. The molecule has 1 aromatic carbocycles. The van der Waals surface area contributed by atoms with Crippen molar-refractivity contribution < 1.29 is 15.0 Å². The zero-order chi connectivity index (χ0) is 10.7. The Labute approximate surface area is 94.9 Å². The van der Waals surface area contributed by atoms with Crippen molar-refractivity contribution in [2.24, 2.45) is 5.73 Å². The standard InChI is InChI=1S/C9H10INO3/c10-6-3-5(1-2-8(6)12)4-7(11)9(13)14/h1-3,7,12H,4,11H2,(H,13,14)/p-2/t7-/m0/s1. The first-order chi connectivity index (χ1) is 6.50. The number of halogens is 1. The number of aliphatic carboxylic acids is 1. The minimum absolute atomic E-state index is 0.0728.